The summed E-state index contributed by atoms with van der Waals surface area (Å²) in [4.78, 5) is 28.5. The normalized spacial score (nSPS) is 21.1. The lowest BCUT2D eigenvalue weighted by atomic mass is 9.97. The molecular weight excluding hydrogens is 366 g/mol. The maximum absolute atomic E-state index is 13.4. The zero-order valence-corrected chi connectivity index (χ0v) is 16.4. The Morgan fingerprint density at radius 2 is 1.86 bits per heavy atom. The fraction of sp³-hybridized carbons (Fsp3) is 0.333. The van der Waals surface area contributed by atoms with Crippen LogP contribution < -0.4 is 5.43 Å². The molecule has 1 amide bonds. The van der Waals surface area contributed by atoms with E-state index in [0.717, 1.165) is 31.4 Å². The van der Waals surface area contributed by atoms with Crippen molar-refractivity contribution in [2.45, 2.75) is 38.3 Å². The van der Waals surface area contributed by atoms with Gasteiger partial charge in [0, 0.05) is 13.2 Å². The Labute approximate surface area is 168 Å². The number of hydrogen-bond acceptors (Lipinski definition) is 4. The minimum atomic E-state index is -0.450. The molecule has 1 aromatic heterocycles. The lowest BCUT2D eigenvalue weighted by Crippen LogP contribution is -2.36. The predicted molar refractivity (Wildman–Crippen MR) is 110 cm³/mol. The van der Waals surface area contributed by atoms with Crippen molar-refractivity contribution in [2.75, 3.05) is 13.2 Å². The van der Waals surface area contributed by atoms with E-state index < -0.39 is 6.04 Å². The van der Waals surface area contributed by atoms with Crippen LogP contribution in [0.25, 0.3) is 11.0 Å². The molecule has 1 saturated heterocycles. The molecule has 0 saturated carbocycles. The zero-order valence-electron chi connectivity index (χ0n) is 16.4. The molecule has 5 rings (SSSR count). The molecule has 0 unspecified atom stereocenters. The van der Waals surface area contributed by atoms with E-state index in [1.165, 1.54) is 5.56 Å². The van der Waals surface area contributed by atoms with E-state index in [-0.39, 0.29) is 23.2 Å². The monoisotopic (exact) mass is 389 g/mol. The van der Waals surface area contributed by atoms with Gasteiger partial charge in [0.15, 0.2) is 5.43 Å². The molecule has 1 fully saturated rings. The second kappa shape index (κ2) is 7.16. The van der Waals surface area contributed by atoms with Gasteiger partial charge >= 0.3 is 0 Å². The third-order valence-corrected chi connectivity index (χ3v) is 6.00. The van der Waals surface area contributed by atoms with E-state index in [9.17, 15) is 9.59 Å². The molecule has 2 aliphatic rings. The summed E-state index contributed by atoms with van der Waals surface area (Å²) in [5.74, 6) is -0.0702. The maximum atomic E-state index is 13.4. The van der Waals surface area contributed by atoms with Gasteiger partial charge in [-0.15, -0.1) is 0 Å². The Morgan fingerprint density at radius 3 is 2.59 bits per heavy atom. The van der Waals surface area contributed by atoms with Gasteiger partial charge in [-0.05, 0) is 42.5 Å². The van der Waals surface area contributed by atoms with Gasteiger partial charge in [0.05, 0.1) is 23.1 Å². The average Bonchev–Trinajstić information content (AvgIpc) is 3.36. The van der Waals surface area contributed by atoms with E-state index in [1.54, 1.807) is 17.0 Å². The average molecular weight is 389 g/mol. The predicted octanol–water partition coefficient (Wildman–Crippen LogP) is 4.08. The first kappa shape index (κ1) is 18.1. The lowest BCUT2D eigenvalue weighted by molar-refractivity contribution is 0.0486. The zero-order chi connectivity index (χ0) is 20.0. The summed E-state index contributed by atoms with van der Waals surface area (Å²) in [7, 11) is 0. The smallest absolute Gasteiger partial charge is 0.291 e. The molecule has 148 valence electrons. The first-order chi connectivity index (χ1) is 14.2. The number of hydrogen-bond donors (Lipinski definition) is 0. The second-order valence-electron chi connectivity index (χ2n) is 7.76. The molecule has 2 atom stereocenters. The van der Waals surface area contributed by atoms with Gasteiger partial charge in [0.2, 0.25) is 5.76 Å². The van der Waals surface area contributed by atoms with Gasteiger partial charge in [0.1, 0.15) is 5.58 Å². The maximum Gasteiger partial charge on any atom is 0.291 e. The SMILES string of the molecule is CCc1ccc([C@@H]2c3c(oc4ccccc4c3=O)C(=O)N2C[C@@H]2CCCO2)cc1. The molecule has 29 heavy (non-hydrogen) atoms. The Kier molecular flexibility index (Phi) is 4.47. The van der Waals surface area contributed by atoms with Crippen LogP contribution in [-0.2, 0) is 11.2 Å². The third-order valence-electron chi connectivity index (χ3n) is 6.00. The molecular formula is C24H23NO4. The largest absolute Gasteiger partial charge is 0.450 e. The summed E-state index contributed by atoms with van der Waals surface area (Å²) in [6, 6.07) is 14.8. The summed E-state index contributed by atoms with van der Waals surface area (Å²) in [6.07, 6.45) is 2.85. The second-order valence-corrected chi connectivity index (χ2v) is 7.76. The van der Waals surface area contributed by atoms with Crippen molar-refractivity contribution in [1.82, 2.24) is 4.90 Å². The van der Waals surface area contributed by atoms with Crippen LogP contribution in [0.4, 0.5) is 0 Å². The lowest BCUT2D eigenvalue weighted by Gasteiger charge is -2.27. The summed E-state index contributed by atoms with van der Waals surface area (Å²) < 4.78 is 11.7. The van der Waals surface area contributed by atoms with Gasteiger partial charge < -0.3 is 14.1 Å². The minimum Gasteiger partial charge on any atom is -0.450 e. The highest BCUT2D eigenvalue weighted by Crippen LogP contribution is 2.39. The van der Waals surface area contributed by atoms with Crippen molar-refractivity contribution in [3.8, 4) is 0 Å². The van der Waals surface area contributed by atoms with Crippen molar-refractivity contribution < 1.29 is 13.9 Å². The molecule has 0 bridgehead atoms. The van der Waals surface area contributed by atoms with E-state index in [4.69, 9.17) is 9.15 Å². The molecule has 3 aromatic rings. The quantitative estimate of drug-likeness (QED) is 0.675. The number of para-hydroxylation sites is 1. The number of fused-ring (bicyclic) bond motifs is 2. The molecule has 3 heterocycles. The van der Waals surface area contributed by atoms with Crippen molar-refractivity contribution in [3.05, 3.63) is 81.2 Å². The van der Waals surface area contributed by atoms with Crippen LogP contribution in [0.15, 0.2) is 57.7 Å². The van der Waals surface area contributed by atoms with Crippen molar-refractivity contribution in [2.24, 2.45) is 0 Å². The third kappa shape index (κ3) is 2.97. The highest BCUT2D eigenvalue weighted by Gasteiger charge is 2.43. The van der Waals surface area contributed by atoms with Crippen LogP contribution in [0.5, 0.6) is 0 Å². The number of ether oxygens (including phenoxy) is 1. The minimum absolute atomic E-state index is 0.00445. The van der Waals surface area contributed by atoms with Crippen LogP contribution in [-0.4, -0.2) is 30.1 Å². The molecule has 2 aromatic carbocycles. The molecule has 5 heteroatoms. The molecule has 0 spiro atoms. The summed E-state index contributed by atoms with van der Waals surface area (Å²) in [5.41, 5.74) is 2.90. The van der Waals surface area contributed by atoms with Crippen LogP contribution in [0.1, 0.15) is 53.1 Å². The van der Waals surface area contributed by atoms with Crippen molar-refractivity contribution in [3.63, 3.8) is 0 Å². The van der Waals surface area contributed by atoms with Gasteiger partial charge in [-0.25, -0.2) is 0 Å². The number of benzene rings is 2. The van der Waals surface area contributed by atoms with Crippen LogP contribution in [0.2, 0.25) is 0 Å². The highest BCUT2D eigenvalue weighted by atomic mass is 16.5. The van der Waals surface area contributed by atoms with E-state index in [1.807, 2.05) is 24.3 Å². The number of carbonyl (C=O) groups is 1. The number of nitrogens with zero attached hydrogens (tertiary/aromatic N) is 1. The van der Waals surface area contributed by atoms with Gasteiger partial charge in [-0.2, -0.15) is 0 Å². The van der Waals surface area contributed by atoms with Gasteiger partial charge in [-0.1, -0.05) is 43.3 Å². The fourth-order valence-electron chi connectivity index (χ4n) is 4.45. The van der Waals surface area contributed by atoms with Crippen LogP contribution in [0, 0.1) is 0 Å². The Hall–Kier alpha value is -2.92. The first-order valence-corrected chi connectivity index (χ1v) is 10.2. The Bertz CT molecular complexity index is 1130. The molecule has 5 nitrogen and oxygen atoms in total. The standard InChI is InChI=1S/C24H23NO4/c1-2-15-9-11-16(12-10-15)21-20-22(26)18-7-3-4-8-19(18)29-23(20)24(27)25(21)14-17-6-5-13-28-17/h3-4,7-12,17,21H,2,5-6,13-14H2,1H3/t17-,21+/m0/s1. The van der Waals surface area contributed by atoms with Gasteiger partial charge in [0.25, 0.3) is 5.91 Å². The van der Waals surface area contributed by atoms with E-state index in [0.29, 0.717) is 23.1 Å². The molecule has 0 radical (unpaired) electrons. The Balaban J connectivity index is 1.68. The Morgan fingerprint density at radius 1 is 1.07 bits per heavy atom. The molecule has 0 aliphatic carbocycles. The van der Waals surface area contributed by atoms with E-state index >= 15 is 0 Å². The number of rotatable bonds is 4. The fourth-order valence-corrected chi connectivity index (χ4v) is 4.45. The van der Waals surface area contributed by atoms with Crippen molar-refractivity contribution >= 4 is 16.9 Å². The number of carbonyl (C=O) groups excluding carboxylic acids is 1. The van der Waals surface area contributed by atoms with Gasteiger partial charge in [-0.3, -0.25) is 9.59 Å². The van der Waals surface area contributed by atoms with E-state index in [2.05, 4.69) is 19.1 Å². The van der Waals surface area contributed by atoms with Crippen LogP contribution >= 0.6 is 0 Å². The summed E-state index contributed by atoms with van der Waals surface area (Å²) >= 11 is 0. The topological polar surface area (TPSA) is 59.8 Å². The summed E-state index contributed by atoms with van der Waals surface area (Å²) in [5, 5.41) is 0.508. The summed E-state index contributed by atoms with van der Waals surface area (Å²) in [6.45, 7) is 3.28. The van der Waals surface area contributed by atoms with Crippen molar-refractivity contribution in [1.29, 1.82) is 0 Å². The number of aryl methyl sites for hydroxylation is 1. The number of amides is 1. The van der Waals surface area contributed by atoms with Crippen LogP contribution in [0.3, 0.4) is 0 Å². The highest BCUT2D eigenvalue weighted by molar-refractivity contribution is 5.99. The first-order valence-electron chi connectivity index (χ1n) is 10.2. The molecule has 0 N–H and O–H groups in total. The molecule has 2 aliphatic heterocycles.